The van der Waals surface area contributed by atoms with Crippen molar-refractivity contribution in [1.29, 1.82) is 0 Å². The average molecular weight is 206 g/mol. The van der Waals surface area contributed by atoms with E-state index >= 15 is 0 Å². The van der Waals surface area contributed by atoms with Crippen molar-refractivity contribution in [3.05, 3.63) is 12.7 Å². The zero-order valence-electron chi connectivity index (χ0n) is 9.09. The SMILES string of the molecule is C=CCN(CCCC)CCCC.Cl. The normalized spacial score (nSPS) is 9.77. The van der Waals surface area contributed by atoms with Crippen LogP contribution >= 0.6 is 12.4 Å². The fraction of sp³-hybridized carbons (Fsp3) is 0.818. The third-order valence-electron chi connectivity index (χ3n) is 2.04. The van der Waals surface area contributed by atoms with Crippen LogP contribution in [0.2, 0.25) is 0 Å². The molecule has 0 radical (unpaired) electrons. The molecule has 0 aliphatic rings. The molecule has 0 aromatic carbocycles. The summed E-state index contributed by atoms with van der Waals surface area (Å²) in [5.41, 5.74) is 0. The molecule has 80 valence electrons. The van der Waals surface area contributed by atoms with Crippen molar-refractivity contribution in [2.45, 2.75) is 39.5 Å². The monoisotopic (exact) mass is 205 g/mol. The van der Waals surface area contributed by atoms with Gasteiger partial charge in [-0.1, -0.05) is 32.8 Å². The molecule has 0 amide bonds. The summed E-state index contributed by atoms with van der Waals surface area (Å²) in [4.78, 5) is 2.49. The number of hydrogen-bond acceptors (Lipinski definition) is 1. The van der Waals surface area contributed by atoms with Crippen LogP contribution in [0.3, 0.4) is 0 Å². The first kappa shape index (κ1) is 15.5. The maximum absolute atomic E-state index is 3.77. The van der Waals surface area contributed by atoms with Crippen LogP contribution in [0.5, 0.6) is 0 Å². The smallest absolute Gasteiger partial charge is 0.0160 e. The van der Waals surface area contributed by atoms with Gasteiger partial charge in [0.2, 0.25) is 0 Å². The first-order valence-electron chi connectivity index (χ1n) is 5.18. The number of halogens is 1. The lowest BCUT2D eigenvalue weighted by molar-refractivity contribution is 0.292. The lowest BCUT2D eigenvalue weighted by Crippen LogP contribution is -2.25. The predicted molar refractivity (Wildman–Crippen MR) is 63.7 cm³/mol. The van der Waals surface area contributed by atoms with Gasteiger partial charge in [-0.2, -0.15) is 0 Å². The van der Waals surface area contributed by atoms with Crippen LogP contribution in [0.15, 0.2) is 12.7 Å². The molecule has 0 saturated carbocycles. The molecule has 0 rings (SSSR count). The number of nitrogens with zero attached hydrogens (tertiary/aromatic N) is 1. The summed E-state index contributed by atoms with van der Waals surface area (Å²) >= 11 is 0. The van der Waals surface area contributed by atoms with Crippen molar-refractivity contribution in [3.63, 3.8) is 0 Å². The molecule has 0 bridgehead atoms. The first-order valence-corrected chi connectivity index (χ1v) is 5.18. The Morgan fingerprint density at radius 2 is 1.54 bits per heavy atom. The van der Waals surface area contributed by atoms with Crippen LogP contribution in [0.4, 0.5) is 0 Å². The Labute approximate surface area is 89.6 Å². The van der Waals surface area contributed by atoms with Crippen molar-refractivity contribution >= 4 is 12.4 Å². The molecule has 0 aliphatic heterocycles. The van der Waals surface area contributed by atoms with Gasteiger partial charge in [0.1, 0.15) is 0 Å². The number of rotatable bonds is 8. The molecule has 0 aromatic heterocycles. The van der Waals surface area contributed by atoms with Gasteiger partial charge < -0.3 is 0 Å². The van der Waals surface area contributed by atoms with E-state index < -0.39 is 0 Å². The standard InChI is InChI=1S/C11H23N.ClH/c1-4-7-10-12(9-6-3)11-8-5-2;/h6H,3-5,7-11H2,1-2H3;1H. The molecule has 2 heteroatoms. The van der Waals surface area contributed by atoms with E-state index in [0.717, 1.165) is 6.54 Å². The molecule has 0 unspecified atom stereocenters. The average Bonchev–Trinajstić information content (AvgIpc) is 2.10. The van der Waals surface area contributed by atoms with Gasteiger partial charge in [0, 0.05) is 6.54 Å². The molecule has 13 heavy (non-hydrogen) atoms. The minimum Gasteiger partial charge on any atom is -0.300 e. The predicted octanol–water partition coefficient (Wildman–Crippen LogP) is 3.50. The summed E-state index contributed by atoms with van der Waals surface area (Å²) in [6, 6.07) is 0. The largest absolute Gasteiger partial charge is 0.300 e. The van der Waals surface area contributed by atoms with Gasteiger partial charge in [-0.25, -0.2) is 0 Å². The third kappa shape index (κ3) is 9.91. The Morgan fingerprint density at radius 3 is 1.85 bits per heavy atom. The lowest BCUT2D eigenvalue weighted by atomic mass is 10.2. The zero-order valence-corrected chi connectivity index (χ0v) is 9.91. The topological polar surface area (TPSA) is 3.24 Å². The second kappa shape index (κ2) is 12.0. The summed E-state index contributed by atoms with van der Waals surface area (Å²) in [6.45, 7) is 11.8. The van der Waals surface area contributed by atoms with E-state index in [2.05, 4.69) is 25.3 Å². The fourth-order valence-corrected chi connectivity index (χ4v) is 1.24. The van der Waals surface area contributed by atoms with Crippen LogP contribution in [-0.2, 0) is 0 Å². The maximum atomic E-state index is 3.77. The van der Waals surface area contributed by atoms with E-state index in [1.807, 2.05) is 6.08 Å². The Morgan fingerprint density at radius 1 is 1.08 bits per heavy atom. The van der Waals surface area contributed by atoms with Gasteiger partial charge in [-0.05, 0) is 25.9 Å². The molecule has 0 fully saturated rings. The van der Waals surface area contributed by atoms with Gasteiger partial charge in [-0.15, -0.1) is 19.0 Å². The van der Waals surface area contributed by atoms with Crippen LogP contribution in [0.1, 0.15) is 39.5 Å². The second-order valence-corrected chi connectivity index (χ2v) is 3.30. The third-order valence-corrected chi connectivity index (χ3v) is 2.04. The lowest BCUT2D eigenvalue weighted by Gasteiger charge is -2.19. The Kier molecular flexibility index (Phi) is 14.3. The van der Waals surface area contributed by atoms with Crippen molar-refractivity contribution < 1.29 is 0 Å². The van der Waals surface area contributed by atoms with Crippen LogP contribution in [0, 0.1) is 0 Å². The van der Waals surface area contributed by atoms with E-state index in [-0.39, 0.29) is 12.4 Å². The van der Waals surface area contributed by atoms with Gasteiger partial charge in [0.25, 0.3) is 0 Å². The van der Waals surface area contributed by atoms with Gasteiger partial charge >= 0.3 is 0 Å². The number of unbranched alkanes of at least 4 members (excludes halogenated alkanes) is 2. The summed E-state index contributed by atoms with van der Waals surface area (Å²) in [5, 5.41) is 0. The highest BCUT2D eigenvalue weighted by Gasteiger charge is 1.99. The van der Waals surface area contributed by atoms with Crippen molar-refractivity contribution in [3.8, 4) is 0 Å². The number of hydrogen-bond donors (Lipinski definition) is 0. The van der Waals surface area contributed by atoms with Crippen molar-refractivity contribution in [2.24, 2.45) is 0 Å². The zero-order chi connectivity index (χ0) is 9.23. The molecular weight excluding hydrogens is 182 g/mol. The maximum Gasteiger partial charge on any atom is 0.0160 e. The van der Waals surface area contributed by atoms with Gasteiger partial charge in [0.15, 0.2) is 0 Å². The summed E-state index contributed by atoms with van der Waals surface area (Å²) in [5.74, 6) is 0. The molecule has 0 heterocycles. The minimum atomic E-state index is 0. The molecule has 0 N–H and O–H groups in total. The van der Waals surface area contributed by atoms with Crippen molar-refractivity contribution in [1.82, 2.24) is 4.90 Å². The molecule has 0 aliphatic carbocycles. The fourth-order valence-electron chi connectivity index (χ4n) is 1.24. The van der Waals surface area contributed by atoms with E-state index in [0.29, 0.717) is 0 Å². The van der Waals surface area contributed by atoms with Crippen LogP contribution in [0.25, 0.3) is 0 Å². The van der Waals surface area contributed by atoms with Gasteiger partial charge in [-0.3, -0.25) is 4.90 Å². The van der Waals surface area contributed by atoms with Crippen LogP contribution in [-0.4, -0.2) is 24.5 Å². The summed E-state index contributed by atoms with van der Waals surface area (Å²) < 4.78 is 0. The first-order chi connectivity index (χ1) is 5.85. The highest BCUT2D eigenvalue weighted by atomic mass is 35.5. The van der Waals surface area contributed by atoms with E-state index in [1.54, 1.807) is 0 Å². The molecular formula is C11H24ClN. The molecule has 0 aromatic rings. The second-order valence-electron chi connectivity index (χ2n) is 3.30. The van der Waals surface area contributed by atoms with Crippen LogP contribution < -0.4 is 0 Å². The Bertz CT molecular complexity index is 96.3. The quantitative estimate of drug-likeness (QED) is 0.549. The summed E-state index contributed by atoms with van der Waals surface area (Å²) in [6.07, 6.45) is 7.22. The molecule has 0 atom stereocenters. The molecule has 0 saturated heterocycles. The highest BCUT2D eigenvalue weighted by molar-refractivity contribution is 5.85. The van der Waals surface area contributed by atoms with E-state index in [1.165, 1.54) is 38.8 Å². The molecule has 0 spiro atoms. The minimum absolute atomic E-state index is 0. The van der Waals surface area contributed by atoms with E-state index in [4.69, 9.17) is 0 Å². The Hall–Kier alpha value is -0.0100. The Balaban J connectivity index is 0. The highest BCUT2D eigenvalue weighted by Crippen LogP contribution is 1.98. The van der Waals surface area contributed by atoms with Crippen molar-refractivity contribution in [2.75, 3.05) is 19.6 Å². The molecule has 1 nitrogen and oxygen atoms in total. The summed E-state index contributed by atoms with van der Waals surface area (Å²) in [7, 11) is 0. The van der Waals surface area contributed by atoms with Gasteiger partial charge in [0.05, 0.1) is 0 Å². The van der Waals surface area contributed by atoms with E-state index in [9.17, 15) is 0 Å².